The zero-order valence-corrected chi connectivity index (χ0v) is 15.0. The Kier molecular flexibility index (Phi) is 6.85. The number of aliphatic imine (C=N–C) groups is 1. The molecule has 2 aromatic carbocycles. The molecule has 0 saturated carbocycles. The highest BCUT2D eigenvalue weighted by Crippen LogP contribution is 2.18. The van der Waals surface area contributed by atoms with Gasteiger partial charge in [-0.3, -0.25) is 0 Å². The molecule has 0 aliphatic heterocycles. The fourth-order valence-corrected chi connectivity index (χ4v) is 2.48. The lowest BCUT2D eigenvalue weighted by Gasteiger charge is -2.23. The summed E-state index contributed by atoms with van der Waals surface area (Å²) in [5.41, 5.74) is 2.84. The van der Waals surface area contributed by atoms with Crippen LogP contribution in [-0.2, 0) is 13.1 Å². The van der Waals surface area contributed by atoms with Crippen molar-refractivity contribution in [1.29, 1.82) is 5.26 Å². The SMILES string of the molecule is CCNC(=NCc1ccc(C#N)cc1)N(C)Cc1ccccc1OC. The fraction of sp³-hybridized carbons (Fsp3) is 0.300. The summed E-state index contributed by atoms with van der Waals surface area (Å²) >= 11 is 0. The molecule has 0 saturated heterocycles. The van der Waals surface area contributed by atoms with Crippen molar-refractivity contribution in [3.63, 3.8) is 0 Å². The van der Waals surface area contributed by atoms with Gasteiger partial charge >= 0.3 is 0 Å². The van der Waals surface area contributed by atoms with Gasteiger partial charge in [-0.2, -0.15) is 5.26 Å². The number of guanidine groups is 1. The molecule has 0 aliphatic carbocycles. The molecule has 5 nitrogen and oxygen atoms in total. The van der Waals surface area contributed by atoms with E-state index in [1.807, 2.05) is 56.4 Å². The largest absolute Gasteiger partial charge is 0.496 e. The monoisotopic (exact) mass is 336 g/mol. The van der Waals surface area contributed by atoms with E-state index in [2.05, 4.69) is 22.4 Å². The maximum Gasteiger partial charge on any atom is 0.194 e. The quantitative estimate of drug-likeness (QED) is 0.650. The van der Waals surface area contributed by atoms with E-state index >= 15 is 0 Å². The second-order valence-corrected chi connectivity index (χ2v) is 5.65. The Morgan fingerprint density at radius 1 is 1.20 bits per heavy atom. The normalized spacial score (nSPS) is 10.9. The summed E-state index contributed by atoms with van der Waals surface area (Å²) < 4.78 is 5.42. The summed E-state index contributed by atoms with van der Waals surface area (Å²) in [4.78, 5) is 6.77. The number of nitriles is 1. The molecular weight excluding hydrogens is 312 g/mol. The maximum absolute atomic E-state index is 8.87. The second kappa shape index (κ2) is 9.33. The molecule has 0 aliphatic rings. The number of hydrogen-bond donors (Lipinski definition) is 1. The van der Waals surface area contributed by atoms with Crippen molar-refractivity contribution in [1.82, 2.24) is 10.2 Å². The standard InChI is InChI=1S/C20H24N4O/c1-4-22-20(23-14-17-11-9-16(13-21)10-12-17)24(2)15-18-7-5-6-8-19(18)25-3/h5-12H,4,14-15H2,1-3H3,(H,22,23). The van der Waals surface area contributed by atoms with E-state index in [1.165, 1.54) is 0 Å². The van der Waals surface area contributed by atoms with Crippen LogP contribution in [0.2, 0.25) is 0 Å². The Morgan fingerprint density at radius 3 is 2.56 bits per heavy atom. The molecule has 2 rings (SSSR count). The Balaban J connectivity index is 2.10. The number of methoxy groups -OCH3 is 1. The van der Waals surface area contributed by atoms with Crippen molar-refractivity contribution in [3.8, 4) is 11.8 Å². The van der Waals surface area contributed by atoms with Gasteiger partial charge in [0.1, 0.15) is 5.75 Å². The molecule has 0 aromatic heterocycles. The second-order valence-electron chi connectivity index (χ2n) is 5.65. The average Bonchev–Trinajstić information content (AvgIpc) is 2.65. The third-order valence-electron chi connectivity index (χ3n) is 3.79. The number of ether oxygens (including phenoxy) is 1. The predicted molar refractivity (Wildman–Crippen MR) is 100 cm³/mol. The Labute approximate surface area is 149 Å². The molecule has 0 heterocycles. The minimum atomic E-state index is 0.560. The van der Waals surface area contributed by atoms with Gasteiger partial charge in [0.25, 0.3) is 0 Å². The summed E-state index contributed by atoms with van der Waals surface area (Å²) in [5.74, 6) is 1.70. The summed E-state index contributed by atoms with van der Waals surface area (Å²) in [5, 5.41) is 12.2. The first-order valence-corrected chi connectivity index (χ1v) is 8.28. The first-order valence-electron chi connectivity index (χ1n) is 8.28. The molecule has 0 bridgehead atoms. The van der Waals surface area contributed by atoms with Gasteiger partial charge in [-0.15, -0.1) is 0 Å². The summed E-state index contributed by atoms with van der Waals surface area (Å²) in [7, 11) is 3.69. The number of nitrogens with one attached hydrogen (secondary N) is 1. The highest BCUT2D eigenvalue weighted by atomic mass is 16.5. The molecular formula is C20H24N4O. The summed E-state index contributed by atoms with van der Waals surface area (Å²) in [6, 6.07) is 17.6. The van der Waals surface area contributed by atoms with E-state index < -0.39 is 0 Å². The highest BCUT2D eigenvalue weighted by Gasteiger charge is 2.09. The van der Waals surface area contributed by atoms with Gasteiger partial charge in [0, 0.05) is 25.7 Å². The van der Waals surface area contributed by atoms with Crippen LogP contribution in [0.5, 0.6) is 5.75 Å². The molecule has 0 unspecified atom stereocenters. The van der Waals surface area contributed by atoms with Crippen LogP contribution in [-0.4, -0.2) is 31.6 Å². The number of para-hydroxylation sites is 1. The number of rotatable bonds is 6. The first-order chi connectivity index (χ1) is 12.2. The zero-order valence-electron chi connectivity index (χ0n) is 15.0. The molecule has 2 aromatic rings. The average molecular weight is 336 g/mol. The number of benzene rings is 2. The first kappa shape index (κ1) is 18.3. The van der Waals surface area contributed by atoms with Crippen LogP contribution >= 0.6 is 0 Å². The Hall–Kier alpha value is -3.00. The minimum Gasteiger partial charge on any atom is -0.496 e. The summed E-state index contributed by atoms with van der Waals surface area (Å²) in [6.07, 6.45) is 0. The van der Waals surface area contributed by atoms with E-state index in [-0.39, 0.29) is 0 Å². The molecule has 5 heteroatoms. The van der Waals surface area contributed by atoms with Crippen molar-refractivity contribution in [2.24, 2.45) is 4.99 Å². The molecule has 0 atom stereocenters. The van der Waals surface area contributed by atoms with Gasteiger partial charge in [-0.05, 0) is 30.7 Å². The van der Waals surface area contributed by atoms with Crippen molar-refractivity contribution < 1.29 is 4.74 Å². The predicted octanol–water partition coefficient (Wildman–Crippen LogP) is 3.16. The van der Waals surface area contributed by atoms with E-state index in [0.29, 0.717) is 18.7 Å². The molecule has 1 N–H and O–H groups in total. The fourth-order valence-electron chi connectivity index (χ4n) is 2.48. The third kappa shape index (κ3) is 5.25. The molecule has 25 heavy (non-hydrogen) atoms. The molecule has 0 spiro atoms. The van der Waals surface area contributed by atoms with Gasteiger partial charge in [0.2, 0.25) is 0 Å². The van der Waals surface area contributed by atoms with Crippen molar-refractivity contribution in [2.75, 3.05) is 20.7 Å². The molecule has 0 fully saturated rings. The highest BCUT2D eigenvalue weighted by molar-refractivity contribution is 5.79. The lowest BCUT2D eigenvalue weighted by Crippen LogP contribution is -2.38. The van der Waals surface area contributed by atoms with Gasteiger partial charge in [-0.25, -0.2) is 4.99 Å². The van der Waals surface area contributed by atoms with Crippen LogP contribution in [0.15, 0.2) is 53.5 Å². The van der Waals surface area contributed by atoms with E-state index in [4.69, 9.17) is 15.0 Å². The Bertz CT molecular complexity index is 747. The van der Waals surface area contributed by atoms with Gasteiger partial charge in [-0.1, -0.05) is 30.3 Å². The molecule has 130 valence electrons. The Morgan fingerprint density at radius 2 is 1.92 bits per heavy atom. The zero-order chi connectivity index (χ0) is 18.1. The van der Waals surface area contributed by atoms with Crippen LogP contribution in [0.3, 0.4) is 0 Å². The summed E-state index contributed by atoms with van der Waals surface area (Å²) in [6.45, 7) is 4.10. The molecule has 0 amide bonds. The molecule has 0 radical (unpaired) electrons. The minimum absolute atomic E-state index is 0.560. The van der Waals surface area contributed by atoms with E-state index in [9.17, 15) is 0 Å². The van der Waals surface area contributed by atoms with Crippen molar-refractivity contribution in [2.45, 2.75) is 20.0 Å². The maximum atomic E-state index is 8.87. The lowest BCUT2D eigenvalue weighted by molar-refractivity contribution is 0.396. The van der Waals surface area contributed by atoms with Crippen LogP contribution in [0.1, 0.15) is 23.6 Å². The van der Waals surface area contributed by atoms with Gasteiger partial charge in [0.05, 0.1) is 25.3 Å². The van der Waals surface area contributed by atoms with E-state index in [1.54, 1.807) is 7.11 Å². The van der Waals surface area contributed by atoms with E-state index in [0.717, 1.165) is 29.4 Å². The topological polar surface area (TPSA) is 60.7 Å². The van der Waals surface area contributed by atoms with Crippen LogP contribution in [0, 0.1) is 11.3 Å². The number of hydrogen-bond acceptors (Lipinski definition) is 3. The van der Waals surface area contributed by atoms with Crippen molar-refractivity contribution >= 4 is 5.96 Å². The van der Waals surface area contributed by atoms with Gasteiger partial charge < -0.3 is 15.0 Å². The number of nitrogens with zero attached hydrogens (tertiary/aromatic N) is 3. The smallest absolute Gasteiger partial charge is 0.194 e. The van der Waals surface area contributed by atoms with Crippen molar-refractivity contribution in [3.05, 3.63) is 65.2 Å². The van der Waals surface area contributed by atoms with Gasteiger partial charge in [0.15, 0.2) is 5.96 Å². The lowest BCUT2D eigenvalue weighted by atomic mass is 10.1. The van der Waals surface area contributed by atoms with Crippen LogP contribution in [0.25, 0.3) is 0 Å². The van der Waals surface area contributed by atoms with Crippen LogP contribution in [0.4, 0.5) is 0 Å². The third-order valence-corrected chi connectivity index (χ3v) is 3.79. The van der Waals surface area contributed by atoms with Crippen LogP contribution < -0.4 is 10.1 Å².